The molecule has 5 nitrogen and oxygen atoms in total. The largest absolute Gasteiger partial charge is 0.469 e. The van der Waals surface area contributed by atoms with E-state index in [0.717, 1.165) is 25.0 Å². The third-order valence-corrected chi connectivity index (χ3v) is 2.79. The van der Waals surface area contributed by atoms with E-state index >= 15 is 0 Å². The van der Waals surface area contributed by atoms with E-state index in [4.69, 9.17) is 4.42 Å². The van der Waals surface area contributed by atoms with Gasteiger partial charge in [-0.05, 0) is 25.0 Å². The minimum Gasteiger partial charge on any atom is -0.469 e. The van der Waals surface area contributed by atoms with E-state index < -0.39 is 0 Å². The Hall–Kier alpha value is -1.78. The predicted molar refractivity (Wildman–Crippen MR) is 70.5 cm³/mol. The Kier molecular flexibility index (Phi) is 7.39. The van der Waals surface area contributed by atoms with Gasteiger partial charge in [-0.25, -0.2) is 0 Å². The highest BCUT2D eigenvalue weighted by Gasteiger charge is 2.03. The van der Waals surface area contributed by atoms with Crippen LogP contribution in [0.15, 0.2) is 22.8 Å². The molecular weight excluding hydrogens is 246 g/mol. The summed E-state index contributed by atoms with van der Waals surface area (Å²) in [6.45, 7) is 0.651. The minimum absolute atomic E-state index is 0.0318. The Bertz CT molecular complexity index is 373. The van der Waals surface area contributed by atoms with Crippen molar-refractivity contribution in [3.8, 4) is 0 Å². The molecule has 0 bridgehead atoms. The van der Waals surface area contributed by atoms with Gasteiger partial charge in [0.2, 0.25) is 5.91 Å². The summed E-state index contributed by atoms with van der Waals surface area (Å²) in [6.07, 6.45) is 5.71. The van der Waals surface area contributed by atoms with Crippen LogP contribution in [0.4, 0.5) is 0 Å². The molecule has 0 aromatic carbocycles. The molecule has 0 aliphatic carbocycles. The number of unbranched alkanes of at least 4 members (excludes halogenated alkanes) is 2. The molecule has 1 heterocycles. The number of methoxy groups -OCH3 is 1. The quantitative estimate of drug-likeness (QED) is 0.549. The van der Waals surface area contributed by atoms with Crippen LogP contribution in [-0.4, -0.2) is 25.5 Å². The lowest BCUT2D eigenvalue weighted by atomic mass is 10.2. The van der Waals surface area contributed by atoms with Gasteiger partial charge in [-0.1, -0.05) is 6.42 Å². The number of esters is 1. The number of rotatable bonds is 9. The van der Waals surface area contributed by atoms with Gasteiger partial charge < -0.3 is 14.5 Å². The molecule has 0 spiro atoms. The van der Waals surface area contributed by atoms with E-state index in [9.17, 15) is 9.59 Å². The molecule has 1 aromatic heterocycles. The molecule has 0 fully saturated rings. The average molecular weight is 267 g/mol. The molecule has 0 unspecified atom stereocenters. The Balaban J connectivity index is 1.94. The van der Waals surface area contributed by atoms with Gasteiger partial charge in [0, 0.05) is 25.8 Å². The van der Waals surface area contributed by atoms with Crippen molar-refractivity contribution in [2.75, 3.05) is 13.7 Å². The van der Waals surface area contributed by atoms with E-state index in [1.165, 1.54) is 7.11 Å². The standard InChI is InChI=1S/C14H21NO4/c1-18-14(17)7-3-2-4-10-15-13(16)9-8-12-6-5-11-19-12/h5-6,11H,2-4,7-10H2,1H3,(H,15,16). The number of nitrogens with one attached hydrogen (secondary N) is 1. The maximum Gasteiger partial charge on any atom is 0.305 e. The Morgan fingerprint density at radius 2 is 2.11 bits per heavy atom. The lowest BCUT2D eigenvalue weighted by Crippen LogP contribution is -2.24. The first-order chi connectivity index (χ1) is 9.22. The fraction of sp³-hybridized carbons (Fsp3) is 0.571. The van der Waals surface area contributed by atoms with E-state index in [1.807, 2.05) is 12.1 Å². The van der Waals surface area contributed by atoms with Crippen LogP contribution in [0.25, 0.3) is 0 Å². The smallest absolute Gasteiger partial charge is 0.305 e. The maximum absolute atomic E-state index is 11.5. The van der Waals surface area contributed by atoms with Gasteiger partial charge in [0.05, 0.1) is 13.4 Å². The summed E-state index contributed by atoms with van der Waals surface area (Å²) in [5.41, 5.74) is 0. The summed E-state index contributed by atoms with van der Waals surface area (Å²) in [7, 11) is 1.39. The minimum atomic E-state index is -0.178. The Morgan fingerprint density at radius 1 is 1.26 bits per heavy atom. The molecule has 1 aromatic rings. The summed E-state index contributed by atoms with van der Waals surface area (Å²) < 4.78 is 9.70. The third-order valence-electron chi connectivity index (χ3n) is 2.79. The highest BCUT2D eigenvalue weighted by molar-refractivity contribution is 5.76. The van der Waals surface area contributed by atoms with Crippen molar-refractivity contribution in [3.05, 3.63) is 24.2 Å². The zero-order valence-corrected chi connectivity index (χ0v) is 11.3. The first-order valence-corrected chi connectivity index (χ1v) is 6.58. The van der Waals surface area contributed by atoms with Gasteiger partial charge in [0.1, 0.15) is 5.76 Å². The van der Waals surface area contributed by atoms with Crippen molar-refractivity contribution in [3.63, 3.8) is 0 Å². The van der Waals surface area contributed by atoms with Crippen molar-refractivity contribution >= 4 is 11.9 Å². The first-order valence-electron chi connectivity index (χ1n) is 6.58. The van der Waals surface area contributed by atoms with Crippen LogP contribution in [-0.2, 0) is 20.7 Å². The summed E-state index contributed by atoms with van der Waals surface area (Å²) >= 11 is 0. The average Bonchev–Trinajstić information content (AvgIpc) is 2.93. The van der Waals surface area contributed by atoms with Gasteiger partial charge in [-0.15, -0.1) is 0 Å². The fourth-order valence-electron chi connectivity index (χ4n) is 1.68. The molecule has 5 heteroatoms. The maximum atomic E-state index is 11.5. The molecule has 19 heavy (non-hydrogen) atoms. The Morgan fingerprint density at radius 3 is 2.79 bits per heavy atom. The van der Waals surface area contributed by atoms with Crippen LogP contribution in [0.2, 0.25) is 0 Å². The number of carbonyl (C=O) groups is 2. The molecular formula is C14H21NO4. The molecule has 0 aliphatic rings. The van der Waals surface area contributed by atoms with E-state index in [0.29, 0.717) is 25.8 Å². The molecule has 0 aliphatic heterocycles. The summed E-state index contributed by atoms with van der Waals surface area (Å²) in [5.74, 6) is 0.681. The second-order valence-corrected chi connectivity index (χ2v) is 4.32. The van der Waals surface area contributed by atoms with Gasteiger partial charge in [-0.2, -0.15) is 0 Å². The van der Waals surface area contributed by atoms with Gasteiger partial charge in [-0.3, -0.25) is 9.59 Å². The van der Waals surface area contributed by atoms with E-state index in [-0.39, 0.29) is 11.9 Å². The molecule has 1 N–H and O–H groups in total. The zero-order valence-electron chi connectivity index (χ0n) is 11.3. The SMILES string of the molecule is COC(=O)CCCCCNC(=O)CCc1ccco1. The van der Waals surface area contributed by atoms with E-state index in [2.05, 4.69) is 10.1 Å². The molecule has 1 rings (SSSR count). The molecule has 0 saturated heterocycles. The topological polar surface area (TPSA) is 68.5 Å². The van der Waals surface area contributed by atoms with Crippen LogP contribution >= 0.6 is 0 Å². The van der Waals surface area contributed by atoms with Crippen molar-refractivity contribution in [1.29, 1.82) is 0 Å². The fourth-order valence-corrected chi connectivity index (χ4v) is 1.68. The van der Waals surface area contributed by atoms with Gasteiger partial charge in [0.25, 0.3) is 0 Å². The highest BCUT2D eigenvalue weighted by Crippen LogP contribution is 2.03. The number of aryl methyl sites for hydroxylation is 1. The molecule has 0 saturated carbocycles. The second kappa shape index (κ2) is 9.19. The lowest BCUT2D eigenvalue weighted by molar-refractivity contribution is -0.140. The van der Waals surface area contributed by atoms with Crippen LogP contribution in [0.5, 0.6) is 0 Å². The van der Waals surface area contributed by atoms with Crippen molar-refractivity contribution < 1.29 is 18.7 Å². The highest BCUT2D eigenvalue weighted by atomic mass is 16.5. The second-order valence-electron chi connectivity index (χ2n) is 4.32. The van der Waals surface area contributed by atoms with Crippen molar-refractivity contribution in [2.45, 2.75) is 38.5 Å². The van der Waals surface area contributed by atoms with Gasteiger partial charge in [0.15, 0.2) is 0 Å². The summed E-state index contributed by atoms with van der Waals surface area (Å²) in [5, 5.41) is 2.85. The number of ether oxygens (including phenoxy) is 1. The van der Waals surface area contributed by atoms with Crippen molar-refractivity contribution in [1.82, 2.24) is 5.32 Å². The van der Waals surface area contributed by atoms with Gasteiger partial charge >= 0.3 is 5.97 Å². The molecule has 0 atom stereocenters. The van der Waals surface area contributed by atoms with Crippen LogP contribution in [0.3, 0.4) is 0 Å². The number of furan rings is 1. The summed E-state index contributed by atoms with van der Waals surface area (Å²) in [6, 6.07) is 3.68. The number of amides is 1. The molecule has 106 valence electrons. The normalized spacial score (nSPS) is 10.2. The zero-order chi connectivity index (χ0) is 13.9. The monoisotopic (exact) mass is 267 g/mol. The number of hydrogen-bond acceptors (Lipinski definition) is 4. The van der Waals surface area contributed by atoms with Crippen LogP contribution in [0.1, 0.15) is 37.9 Å². The molecule has 0 radical (unpaired) electrons. The predicted octanol–water partition coefficient (Wildman–Crippen LogP) is 2.06. The number of carbonyl (C=O) groups excluding carboxylic acids is 2. The molecule has 1 amide bonds. The first kappa shape index (κ1) is 15.3. The summed E-state index contributed by atoms with van der Waals surface area (Å²) in [4.78, 5) is 22.3. The lowest BCUT2D eigenvalue weighted by Gasteiger charge is -2.04. The van der Waals surface area contributed by atoms with E-state index in [1.54, 1.807) is 6.26 Å². The number of hydrogen-bond donors (Lipinski definition) is 1. The van der Waals surface area contributed by atoms with Crippen molar-refractivity contribution in [2.24, 2.45) is 0 Å². The van der Waals surface area contributed by atoms with Crippen LogP contribution < -0.4 is 5.32 Å². The third kappa shape index (κ3) is 7.28. The van der Waals surface area contributed by atoms with Crippen LogP contribution in [0, 0.1) is 0 Å². The Labute approximate surface area is 113 Å².